The lowest BCUT2D eigenvalue weighted by Gasteiger charge is -2.19. The van der Waals surface area contributed by atoms with E-state index in [1.54, 1.807) is 0 Å². The van der Waals surface area contributed by atoms with Crippen LogP contribution in [0.1, 0.15) is 22.6 Å². The highest BCUT2D eigenvalue weighted by atomic mass is 16.5. The van der Waals surface area contributed by atoms with Crippen LogP contribution in [0, 0.1) is 0 Å². The largest absolute Gasteiger partial charge is 0.491 e. The third-order valence-corrected chi connectivity index (χ3v) is 4.57. The summed E-state index contributed by atoms with van der Waals surface area (Å²) in [4.78, 5) is 0. The molecular weight excluding hydrogens is 352 g/mol. The lowest BCUT2D eigenvalue weighted by molar-refractivity contribution is 0.201. The molecule has 0 unspecified atom stereocenters. The maximum atomic E-state index is 8.91. The van der Waals surface area contributed by atoms with Gasteiger partial charge >= 0.3 is 0 Å². The van der Waals surface area contributed by atoms with Gasteiger partial charge in [-0.15, -0.1) is 0 Å². The van der Waals surface area contributed by atoms with Crippen molar-refractivity contribution in [2.75, 3.05) is 26.4 Å². The summed E-state index contributed by atoms with van der Waals surface area (Å²) in [7, 11) is 0. The van der Waals surface area contributed by atoms with E-state index in [9.17, 15) is 0 Å². The number of rotatable bonds is 10. The van der Waals surface area contributed by atoms with E-state index in [0.29, 0.717) is 13.2 Å². The van der Waals surface area contributed by atoms with E-state index in [1.807, 2.05) is 30.3 Å². The molecule has 4 nitrogen and oxygen atoms in total. The van der Waals surface area contributed by atoms with Crippen LogP contribution < -0.4 is 9.47 Å². The Morgan fingerprint density at radius 3 is 1.50 bits per heavy atom. The monoisotopic (exact) mass is 378 g/mol. The van der Waals surface area contributed by atoms with Crippen LogP contribution in [-0.2, 0) is 6.42 Å². The third-order valence-electron chi connectivity index (χ3n) is 4.57. The summed E-state index contributed by atoms with van der Waals surface area (Å²) in [6, 6.07) is 26.5. The molecule has 0 aliphatic heterocycles. The van der Waals surface area contributed by atoms with Gasteiger partial charge in [0.05, 0.1) is 13.2 Å². The Balaban J connectivity index is 1.84. The van der Waals surface area contributed by atoms with Crippen molar-refractivity contribution in [3.05, 3.63) is 95.6 Å². The van der Waals surface area contributed by atoms with Gasteiger partial charge in [-0.2, -0.15) is 0 Å². The first-order valence-corrected chi connectivity index (χ1v) is 9.51. The number of benzene rings is 3. The van der Waals surface area contributed by atoms with Crippen molar-refractivity contribution in [3.63, 3.8) is 0 Å². The van der Waals surface area contributed by atoms with Crippen LogP contribution in [0.2, 0.25) is 0 Å². The Morgan fingerprint density at radius 1 is 0.607 bits per heavy atom. The summed E-state index contributed by atoms with van der Waals surface area (Å²) < 4.78 is 11.0. The molecule has 3 aromatic rings. The number of aliphatic hydroxyl groups is 2. The normalized spacial score (nSPS) is 10.8. The molecule has 0 fully saturated rings. The van der Waals surface area contributed by atoms with Crippen molar-refractivity contribution in [2.45, 2.75) is 12.3 Å². The second-order valence-electron chi connectivity index (χ2n) is 6.52. The van der Waals surface area contributed by atoms with Crippen molar-refractivity contribution in [1.29, 1.82) is 0 Å². The molecule has 0 amide bonds. The molecule has 3 aromatic carbocycles. The second kappa shape index (κ2) is 10.5. The molecule has 4 heteroatoms. The van der Waals surface area contributed by atoms with E-state index in [-0.39, 0.29) is 19.1 Å². The van der Waals surface area contributed by atoms with Gasteiger partial charge in [0.1, 0.15) is 24.7 Å². The number of hydrogen-bond donors (Lipinski definition) is 2. The number of ether oxygens (including phenoxy) is 2. The van der Waals surface area contributed by atoms with E-state index < -0.39 is 0 Å². The first-order valence-electron chi connectivity index (χ1n) is 9.51. The molecule has 0 spiro atoms. The van der Waals surface area contributed by atoms with Crippen molar-refractivity contribution >= 4 is 0 Å². The van der Waals surface area contributed by atoms with Crippen molar-refractivity contribution in [1.82, 2.24) is 0 Å². The fraction of sp³-hybridized carbons (Fsp3) is 0.250. The average molecular weight is 378 g/mol. The minimum Gasteiger partial charge on any atom is -0.491 e. The third kappa shape index (κ3) is 5.59. The van der Waals surface area contributed by atoms with Crippen LogP contribution in [0.3, 0.4) is 0 Å². The minimum atomic E-state index is 0.00306. The molecular formula is C24H26O4. The van der Waals surface area contributed by atoms with Crippen LogP contribution in [0.4, 0.5) is 0 Å². The Bertz CT molecular complexity index is 762. The van der Waals surface area contributed by atoms with E-state index in [1.165, 1.54) is 16.7 Å². The fourth-order valence-electron chi connectivity index (χ4n) is 3.20. The van der Waals surface area contributed by atoms with Gasteiger partial charge in [-0.25, -0.2) is 0 Å². The average Bonchev–Trinajstić information content (AvgIpc) is 2.76. The first kappa shape index (κ1) is 19.9. The second-order valence-corrected chi connectivity index (χ2v) is 6.52. The standard InChI is InChI=1S/C24H26O4/c25-14-16-27-22-10-6-20(7-11-22)24(18-19-4-2-1-3-5-19)21-8-12-23(13-9-21)28-17-15-26/h1-13,24-26H,14-18H2. The Hall–Kier alpha value is -2.82. The summed E-state index contributed by atoms with van der Waals surface area (Å²) >= 11 is 0. The molecule has 2 N–H and O–H groups in total. The quantitative estimate of drug-likeness (QED) is 0.563. The van der Waals surface area contributed by atoms with Gasteiger partial charge in [-0.3, -0.25) is 0 Å². The van der Waals surface area contributed by atoms with Gasteiger partial charge < -0.3 is 19.7 Å². The van der Waals surface area contributed by atoms with Crippen LogP contribution in [-0.4, -0.2) is 36.6 Å². The van der Waals surface area contributed by atoms with E-state index in [4.69, 9.17) is 19.7 Å². The van der Waals surface area contributed by atoms with Crippen molar-refractivity contribution < 1.29 is 19.7 Å². The zero-order valence-corrected chi connectivity index (χ0v) is 15.8. The molecule has 0 atom stereocenters. The Kier molecular flexibility index (Phi) is 7.47. The topological polar surface area (TPSA) is 58.9 Å². The van der Waals surface area contributed by atoms with Crippen LogP contribution >= 0.6 is 0 Å². The fourth-order valence-corrected chi connectivity index (χ4v) is 3.20. The summed E-state index contributed by atoms with van der Waals surface area (Å²) in [6.07, 6.45) is 0.883. The first-order chi connectivity index (χ1) is 13.8. The van der Waals surface area contributed by atoms with Gasteiger partial charge in [0.25, 0.3) is 0 Å². The summed E-state index contributed by atoms with van der Waals surface area (Å²) in [6.45, 7) is 0.594. The molecule has 0 aromatic heterocycles. The summed E-state index contributed by atoms with van der Waals surface area (Å²) in [5.74, 6) is 1.70. The van der Waals surface area contributed by atoms with Gasteiger partial charge in [0, 0.05) is 5.92 Å². The lowest BCUT2D eigenvalue weighted by atomic mass is 9.86. The van der Waals surface area contributed by atoms with Gasteiger partial charge in [0.15, 0.2) is 0 Å². The maximum absolute atomic E-state index is 8.91. The van der Waals surface area contributed by atoms with E-state index in [2.05, 4.69) is 48.5 Å². The number of hydrogen-bond acceptors (Lipinski definition) is 4. The lowest BCUT2D eigenvalue weighted by Crippen LogP contribution is -2.07. The SMILES string of the molecule is OCCOc1ccc(C(Cc2ccccc2)c2ccc(OCCO)cc2)cc1. The Morgan fingerprint density at radius 2 is 1.07 bits per heavy atom. The molecule has 3 rings (SSSR count). The van der Waals surface area contributed by atoms with Crippen LogP contribution in [0.15, 0.2) is 78.9 Å². The molecule has 0 heterocycles. The smallest absolute Gasteiger partial charge is 0.119 e. The van der Waals surface area contributed by atoms with E-state index >= 15 is 0 Å². The molecule has 146 valence electrons. The van der Waals surface area contributed by atoms with Crippen LogP contribution in [0.5, 0.6) is 11.5 Å². The van der Waals surface area contributed by atoms with E-state index in [0.717, 1.165) is 17.9 Å². The van der Waals surface area contributed by atoms with Crippen molar-refractivity contribution in [3.8, 4) is 11.5 Å². The minimum absolute atomic E-state index is 0.00306. The molecule has 0 saturated carbocycles. The maximum Gasteiger partial charge on any atom is 0.119 e. The Labute approximate surface area is 166 Å². The molecule has 0 bridgehead atoms. The zero-order valence-electron chi connectivity index (χ0n) is 15.8. The molecule has 0 aliphatic carbocycles. The van der Waals surface area contributed by atoms with Gasteiger partial charge in [-0.05, 0) is 47.4 Å². The summed E-state index contributed by atoms with van der Waals surface area (Å²) in [5.41, 5.74) is 3.67. The van der Waals surface area contributed by atoms with Gasteiger partial charge in [-0.1, -0.05) is 54.6 Å². The predicted molar refractivity (Wildman–Crippen MR) is 110 cm³/mol. The number of aliphatic hydroxyl groups excluding tert-OH is 2. The predicted octanol–water partition coefficient (Wildman–Crippen LogP) is 3.80. The highest BCUT2D eigenvalue weighted by Crippen LogP contribution is 2.31. The molecule has 0 aliphatic rings. The summed E-state index contributed by atoms with van der Waals surface area (Å²) in [5, 5.41) is 17.8. The molecule has 28 heavy (non-hydrogen) atoms. The van der Waals surface area contributed by atoms with Crippen LogP contribution in [0.25, 0.3) is 0 Å². The highest BCUT2D eigenvalue weighted by molar-refractivity contribution is 5.40. The molecule has 0 saturated heterocycles. The zero-order chi connectivity index (χ0) is 19.6. The van der Waals surface area contributed by atoms with Gasteiger partial charge in [0.2, 0.25) is 0 Å². The highest BCUT2D eigenvalue weighted by Gasteiger charge is 2.15. The molecule has 0 radical (unpaired) electrons. The van der Waals surface area contributed by atoms with Crippen molar-refractivity contribution in [2.24, 2.45) is 0 Å².